The Bertz CT molecular complexity index is 2350. The van der Waals surface area contributed by atoms with Gasteiger partial charge >= 0.3 is 12.0 Å². The van der Waals surface area contributed by atoms with Crippen LogP contribution in [0.3, 0.4) is 0 Å². The predicted octanol–water partition coefficient (Wildman–Crippen LogP) is 5.54. The molecular formula is C48H67N9O7S. The molecule has 7 rings (SSSR count). The number of pyridine rings is 1. The van der Waals surface area contributed by atoms with Gasteiger partial charge in [0.2, 0.25) is 5.91 Å². The molecule has 352 valence electrons. The Hall–Kier alpha value is -4.94. The molecule has 65 heavy (non-hydrogen) atoms. The molecule has 3 aromatic heterocycles. The van der Waals surface area contributed by atoms with Crippen molar-refractivity contribution in [3.05, 3.63) is 58.2 Å². The molecule has 1 aromatic carbocycles. The van der Waals surface area contributed by atoms with Crippen molar-refractivity contribution in [2.45, 2.75) is 98.0 Å². The number of carbonyl (C=O) groups excluding carboxylic acids is 4. The second-order valence-electron chi connectivity index (χ2n) is 18.8. The van der Waals surface area contributed by atoms with Crippen molar-refractivity contribution in [2.24, 2.45) is 11.3 Å². The van der Waals surface area contributed by atoms with Crippen molar-refractivity contribution in [3.63, 3.8) is 0 Å². The zero-order valence-corrected chi connectivity index (χ0v) is 40.3. The van der Waals surface area contributed by atoms with Crippen LogP contribution in [0.1, 0.15) is 76.8 Å². The number of likely N-dealkylation sites (N-methyl/N-ethyl adjacent to an activating group) is 2. The van der Waals surface area contributed by atoms with Crippen LogP contribution in [0.25, 0.3) is 33.4 Å². The fourth-order valence-corrected chi connectivity index (χ4v) is 10.1. The van der Waals surface area contributed by atoms with E-state index in [2.05, 4.69) is 65.2 Å². The second kappa shape index (κ2) is 20.7. The number of ether oxygens (including phenoxy) is 3. The van der Waals surface area contributed by atoms with E-state index in [0.29, 0.717) is 70.2 Å². The second-order valence-corrected chi connectivity index (χ2v) is 19.7. The first kappa shape index (κ1) is 48.0. The summed E-state index contributed by atoms with van der Waals surface area (Å²) in [5, 5.41) is 8.20. The first-order chi connectivity index (χ1) is 31.1. The van der Waals surface area contributed by atoms with Gasteiger partial charge in [-0.3, -0.25) is 24.4 Å². The smallest absolute Gasteiger partial charge is 0.324 e. The molecule has 4 atom stereocenters. The minimum Gasteiger partial charge on any atom is -0.464 e. The van der Waals surface area contributed by atoms with Gasteiger partial charge in [-0.2, -0.15) is 0 Å². The van der Waals surface area contributed by atoms with Gasteiger partial charge < -0.3 is 38.8 Å². The van der Waals surface area contributed by atoms with Crippen LogP contribution in [0.5, 0.6) is 0 Å². The lowest BCUT2D eigenvalue weighted by molar-refractivity contribution is -0.155. The van der Waals surface area contributed by atoms with Crippen molar-refractivity contribution >= 4 is 46.1 Å². The molecule has 0 radical (unpaired) electrons. The third-order valence-electron chi connectivity index (χ3n) is 12.9. The molecule has 6 bridgehead atoms. The van der Waals surface area contributed by atoms with Gasteiger partial charge in [0.15, 0.2) is 0 Å². The largest absolute Gasteiger partial charge is 0.464 e. The summed E-state index contributed by atoms with van der Waals surface area (Å²) in [7, 11) is 5.32. The van der Waals surface area contributed by atoms with Crippen LogP contribution < -0.4 is 10.7 Å². The summed E-state index contributed by atoms with van der Waals surface area (Å²) in [6.07, 6.45) is 3.27. The topological polar surface area (TPSA) is 164 Å². The highest BCUT2D eigenvalue weighted by atomic mass is 32.1. The predicted molar refractivity (Wildman–Crippen MR) is 251 cm³/mol. The average molecular weight is 914 g/mol. The number of aromatic nitrogens is 3. The maximum absolute atomic E-state index is 14.6. The number of fused-ring (bicyclic) bond motifs is 6. The van der Waals surface area contributed by atoms with Crippen LogP contribution >= 0.6 is 11.3 Å². The molecule has 0 spiro atoms. The maximum Gasteiger partial charge on any atom is 0.324 e. The minimum absolute atomic E-state index is 0.0975. The van der Waals surface area contributed by atoms with Gasteiger partial charge in [0.1, 0.15) is 18.1 Å². The van der Waals surface area contributed by atoms with E-state index in [1.807, 2.05) is 39.3 Å². The Morgan fingerprint density at radius 2 is 1.88 bits per heavy atom. The van der Waals surface area contributed by atoms with E-state index in [-0.39, 0.29) is 31.1 Å². The number of urea groups is 1. The Balaban J connectivity index is 1.26. The molecule has 0 saturated carbocycles. The molecule has 2 N–H and O–H groups in total. The monoisotopic (exact) mass is 913 g/mol. The van der Waals surface area contributed by atoms with Crippen molar-refractivity contribution in [2.75, 3.05) is 73.7 Å². The number of hydrogen-bond donors (Lipinski definition) is 2. The SMILES string of the molecule is CCn1c(-c2cccnc2[C@H](C)OC)c2c3cc(ccc31)-c1csc(n1)C[C@H](NC(=O)C(C(C)C)N(C)C(=O)N1CCOCCN(C)CC1)C(=O)N1CCC[C@H](N1)C(=O)OCC(C)(C)C2. The van der Waals surface area contributed by atoms with Crippen LogP contribution in [-0.4, -0.2) is 150 Å². The lowest BCUT2D eigenvalue weighted by atomic mass is 9.84. The van der Waals surface area contributed by atoms with E-state index in [0.717, 1.165) is 51.2 Å². The van der Waals surface area contributed by atoms with Crippen LogP contribution in [-0.2, 0) is 48.0 Å². The number of nitrogens with zero attached hydrogens (tertiary/aromatic N) is 7. The molecule has 3 aliphatic heterocycles. The minimum atomic E-state index is -1.06. The van der Waals surface area contributed by atoms with Crippen LogP contribution in [0, 0.1) is 11.3 Å². The number of thiazole rings is 1. The standard InChI is InChI=1S/C48H67N9O7S/c1-10-56-39-16-15-32-25-34(39)35(43(56)33-13-11-17-49-41(33)31(4)62-9)27-48(5,6)29-64-46(60)36-14-12-18-57(52-36)45(59)37(26-40-50-38(32)28-65-40)51-44(58)42(30(2)3)54(8)47(61)55-20-19-53(7)21-23-63-24-22-55/h11,13,15-17,25,28,30-31,36-37,42,52H,10,12,14,18-24,26-27,29H2,1-9H3,(H,51,58)/t31-,36-,37-,42?/m0/s1. The number of rotatable bonds is 8. The molecule has 0 aliphatic carbocycles. The number of amides is 4. The van der Waals surface area contributed by atoms with E-state index >= 15 is 0 Å². The van der Waals surface area contributed by atoms with Crippen molar-refractivity contribution in [1.82, 2.24) is 45.0 Å². The number of esters is 1. The molecule has 4 aromatic rings. The molecule has 4 amide bonds. The summed E-state index contributed by atoms with van der Waals surface area (Å²) in [6.45, 7) is 16.6. The Kier molecular flexibility index (Phi) is 15.3. The Labute approximate surface area is 386 Å². The van der Waals surface area contributed by atoms with Gasteiger partial charge in [0.05, 0.1) is 48.0 Å². The third-order valence-corrected chi connectivity index (χ3v) is 13.8. The van der Waals surface area contributed by atoms with Crippen LogP contribution in [0.15, 0.2) is 41.9 Å². The van der Waals surface area contributed by atoms with Crippen molar-refractivity contribution in [3.8, 4) is 22.5 Å². The van der Waals surface area contributed by atoms with E-state index in [4.69, 9.17) is 24.2 Å². The number of aryl methyl sites for hydroxylation is 1. The van der Waals surface area contributed by atoms with Crippen molar-refractivity contribution < 1.29 is 33.4 Å². The van der Waals surface area contributed by atoms with Crippen LogP contribution in [0.2, 0.25) is 0 Å². The summed E-state index contributed by atoms with van der Waals surface area (Å²) >= 11 is 1.42. The molecule has 16 nitrogen and oxygen atoms in total. The average Bonchev–Trinajstić information content (AvgIpc) is 3.91. The number of hydrogen-bond acceptors (Lipinski definition) is 12. The first-order valence-corrected chi connectivity index (χ1v) is 23.9. The fraction of sp³-hybridized carbons (Fsp3) is 0.583. The normalized spacial score (nSPS) is 21.2. The summed E-state index contributed by atoms with van der Waals surface area (Å²) in [5.41, 5.74) is 9.36. The highest BCUT2D eigenvalue weighted by Crippen LogP contribution is 2.42. The van der Waals surface area contributed by atoms with E-state index in [1.54, 1.807) is 25.3 Å². The van der Waals surface area contributed by atoms with Gasteiger partial charge in [0, 0.05) is 98.9 Å². The van der Waals surface area contributed by atoms with E-state index < -0.39 is 41.3 Å². The number of hydrazine groups is 1. The maximum atomic E-state index is 14.6. The summed E-state index contributed by atoms with van der Waals surface area (Å²) in [4.78, 5) is 72.3. The Morgan fingerprint density at radius 3 is 2.63 bits per heavy atom. The van der Waals surface area contributed by atoms with Gasteiger partial charge in [0.25, 0.3) is 5.91 Å². The zero-order valence-electron chi connectivity index (χ0n) is 39.5. The summed E-state index contributed by atoms with van der Waals surface area (Å²) in [6, 6.07) is 7.46. The zero-order chi connectivity index (χ0) is 46.6. The summed E-state index contributed by atoms with van der Waals surface area (Å²) in [5.74, 6) is -1.58. The van der Waals surface area contributed by atoms with Gasteiger partial charge in [-0.05, 0) is 75.9 Å². The van der Waals surface area contributed by atoms with Gasteiger partial charge in [-0.25, -0.2) is 15.2 Å². The van der Waals surface area contributed by atoms with Gasteiger partial charge in [-0.15, -0.1) is 11.3 Å². The molecule has 2 fully saturated rings. The lowest BCUT2D eigenvalue weighted by Crippen LogP contribution is -2.62. The van der Waals surface area contributed by atoms with E-state index in [9.17, 15) is 19.2 Å². The highest BCUT2D eigenvalue weighted by Gasteiger charge is 2.39. The molecule has 6 heterocycles. The highest BCUT2D eigenvalue weighted by molar-refractivity contribution is 7.10. The molecule has 3 aliphatic rings. The molecule has 1 unspecified atom stereocenters. The number of nitrogens with one attached hydrogen (secondary N) is 2. The number of benzene rings is 1. The van der Waals surface area contributed by atoms with E-state index in [1.165, 1.54) is 21.2 Å². The first-order valence-electron chi connectivity index (χ1n) is 23.0. The van der Waals surface area contributed by atoms with Crippen molar-refractivity contribution in [1.29, 1.82) is 0 Å². The van der Waals surface area contributed by atoms with Gasteiger partial charge in [-0.1, -0.05) is 33.8 Å². The lowest BCUT2D eigenvalue weighted by Gasteiger charge is -2.37. The Morgan fingerprint density at radius 1 is 1.09 bits per heavy atom. The number of cyclic esters (lactones) is 1. The molecule has 2 saturated heterocycles. The molecule has 17 heteroatoms. The van der Waals surface area contributed by atoms with Crippen LogP contribution in [0.4, 0.5) is 4.79 Å². The number of carbonyl (C=O) groups is 4. The fourth-order valence-electron chi connectivity index (χ4n) is 9.29. The summed E-state index contributed by atoms with van der Waals surface area (Å²) < 4.78 is 20.0. The number of methoxy groups -OCH3 is 1. The molecular weight excluding hydrogens is 847 g/mol. The third kappa shape index (κ3) is 10.7. The quantitative estimate of drug-likeness (QED) is 0.214.